The van der Waals surface area contributed by atoms with Crippen molar-refractivity contribution in [3.05, 3.63) is 23.8 Å². The van der Waals surface area contributed by atoms with Gasteiger partial charge in [-0.25, -0.2) is 0 Å². The molecule has 5 nitrogen and oxygen atoms in total. The van der Waals surface area contributed by atoms with Gasteiger partial charge in [-0.15, -0.1) is 0 Å². The molecule has 1 heterocycles. The lowest BCUT2D eigenvalue weighted by Crippen LogP contribution is -2.40. The van der Waals surface area contributed by atoms with Crippen LogP contribution in [-0.2, 0) is 4.79 Å². The van der Waals surface area contributed by atoms with Crippen LogP contribution >= 0.6 is 0 Å². The van der Waals surface area contributed by atoms with E-state index in [9.17, 15) is 4.79 Å². The summed E-state index contributed by atoms with van der Waals surface area (Å²) in [6.07, 6.45) is 3.79. The zero-order valence-corrected chi connectivity index (χ0v) is 14.6. The van der Waals surface area contributed by atoms with Gasteiger partial charge in [-0.3, -0.25) is 4.79 Å². The molecule has 5 heteroatoms. The molecule has 1 aromatic rings. The summed E-state index contributed by atoms with van der Waals surface area (Å²) in [6, 6.07) is 6.06. The number of hydrogen-bond donors (Lipinski definition) is 2. The Morgan fingerprint density at radius 3 is 2.67 bits per heavy atom. The number of carbonyl (C=O) groups is 1. The van der Waals surface area contributed by atoms with Gasteiger partial charge in [0.05, 0.1) is 6.04 Å². The van der Waals surface area contributed by atoms with E-state index in [1.807, 2.05) is 18.2 Å². The number of carbonyl (C=O) groups excluding carboxylic acids is 1. The number of nitrogens with one attached hydrogen (secondary N) is 1. The van der Waals surface area contributed by atoms with Crippen molar-refractivity contribution < 1.29 is 14.3 Å². The highest BCUT2D eigenvalue weighted by molar-refractivity contribution is 5.79. The SMILES string of the molecule is CC(C)C(NC(=O)C1CCCC(N)C1)c1ccc2c(c1)OCCO2. The van der Waals surface area contributed by atoms with Crippen LogP contribution in [0.2, 0.25) is 0 Å². The summed E-state index contributed by atoms with van der Waals surface area (Å²) in [5, 5.41) is 3.24. The van der Waals surface area contributed by atoms with Crippen LogP contribution in [0, 0.1) is 11.8 Å². The van der Waals surface area contributed by atoms with Gasteiger partial charge in [-0.05, 0) is 42.9 Å². The predicted molar refractivity (Wildman–Crippen MR) is 93.1 cm³/mol. The second-order valence-corrected chi connectivity index (χ2v) is 7.26. The van der Waals surface area contributed by atoms with Gasteiger partial charge in [0.1, 0.15) is 13.2 Å². The van der Waals surface area contributed by atoms with Crippen molar-refractivity contribution in [1.82, 2.24) is 5.32 Å². The Morgan fingerprint density at radius 2 is 1.96 bits per heavy atom. The minimum Gasteiger partial charge on any atom is -0.486 e. The molecular formula is C19H28N2O3. The maximum atomic E-state index is 12.7. The molecule has 2 aliphatic rings. The predicted octanol–water partition coefficient (Wildman–Crippen LogP) is 2.79. The first-order chi connectivity index (χ1) is 11.5. The topological polar surface area (TPSA) is 73.6 Å². The molecule has 1 aliphatic carbocycles. The first kappa shape index (κ1) is 17.1. The van der Waals surface area contributed by atoms with E-state index in [0.717, 1.165) is 42.7 Å². The Balaban J connectivity index is 1.73. The molecule has 3 rings (SSSR count). The van der Waals surface area contributed by atoms with Crippen LogP contribution in [0.5, 0.6) is 11.5 Å². The van der Waals surface area contributed by atoms with E-state index in [0.29, 0.717) is 13.2 Å². The third-order valence-corrected chi connectivity index (χ3v) is 4.98. The molecule has 0 aromatic heterocycles. The highest BCUT2D eigenvalue weighted by Gasteiger charge is 2.28. The van der Waals surface area contributed by atoms with E-state index in [2.05, 4.69) is 19.2 Å². The summed E-state index contributed by atoms with van der Waals surface area (Å²) in [5.41, 5.74) is 7.09. The average Bonchev–Trinajstić information content (AvgIpc) is 2.58. The van der Waals surface area contributed by atoms with E-state index >= 15 is 0 Å². The van der Waals surface area contributed by atoms with Crippen LogP contribution < -0.4 is 20.5 Å². The van der Waals surface area contributed by atoms with Gasteiger partial charge in [0.2, 0.25) is 5.91 Å². The number of nitrogens with two attached hydrogens (primary N) is 1. The van der Waals surface area contributed by atoms with Crippen molar-refractivity contribution >= 4 is 5.91 Å². The molecule has 3 unspecified atom stereocenters. The third kappa shape index (κ3) is 3.83. The largest absolute Gasteiger partial charge is 0.486 e. The molecule has 3 N–H and O–H groups in total. The van der Waals surface area contributed by atoms with Gasteiger partial charge in [0.25, 0.3) is 0 Å². The Labute approximate surface area is 143 Å². The average molecular weight is 332 g/mol. The normalized spacial score (nSPS) is 24.5. The molecule has 1 fully saturated rings. The molecule has 1 amide bonds. The highest BCUT2D eigenvalue weighted by atomic mass is 16.6. The zero-order chi connectivity index (χ0) is 17.1. The Hall–Kier alpha value is -1.75. The minimum atomic E-state index is -0.0357. The summed E-state index contributed by atoms with van der Waals surface area (Å²) in [4.78, 5) is 12.7. The summed E-state index contributed by atoms with van der Waals surface area (Å²) >= 11 is 0. The molecule has 0 bridgehead atoms. The molecule has 0 radical (unpaired) electrons. The second-order valence-electron chi connectivity index (χ2n) is 7.26. The van der Waals surface area contributed by atoms with Gasteiger partial charge >= 0.3 is 0 Å². The van der Waals surface area contributed by atoms with Crippen LogP contribution in [0.4, 0.5) is 0 Å². The fourth-order valence-electron chi connectivity index (χ4n) is 3.63. The number of fused-ring (bicyclic) bond motifs is 1. The van der Waals surface area contributed by atoms with E-state index in [-0.39, 0.29) is 29.8 Å². The molecule has 24 heavy (non-hydrogen) atoms. The number of ether oxygens (including phenoxy) is 2. The molecule has 1 saturated carbocycles. The van der Waals surface area contributed by atoms with Crippen molar-refractivity contribution in [1.29, 1.82) is 0 Å². The Morgan fingerprint density at radius 1 is 1.21 bits per heavy atom. The van der Waals surface area contributed by atoms with Crippen LogP contribution in [0.15, 0.2) is 18.2 Å². The maximum Gasteiger partial charge on any atom is 0.223 e. The van der Waals surface area contributed by atoms with Gasteiger partial charge < -0.3 is 20.5 Å². The van der Waals surface area contributed by atoms with Gasteiger partial charge in [-0.2, -0.15) is 0 Å². The lowest BCUT2D eigenvalue weighted by atomic mass is 9.85. The minimum absolute atomic E-state index is 0.0345. The summed E-state index contributed by atoms with van der Waals surface area (Å²) < 4.78 is 11.3. The molecule has 0 spiro atoms. The van der Waals surface area contributed by atoms with E-state index < -0.39 is 0 Å². The summed E-state index contributed by atoms with van der Waals surface area (Å²) in [7, 11) is 0. The zero-order valence-electron chi connectivity index (χ0n) is 14.6. The first-order valence-electron chi connectivity index (χ1n) is 9.00. The number of hydrogen-bond acceptors (Lipinski definition) is 4. The van der Waals surface area contributed by atoms with Crippen molar-refractivity contribution in [3.8, 4) is 11.5 Å². The summed E-state index contributed by atoms with van der Waals surface area (Å²) in [5.74, 6) is 1.98. The lowest BCUT2D eigenvalue weighted by Gasteiger charge is -2.30. The Bertz CT molecular complexity index is 588. The fourth-order valence-corrected chi connectivity index (χ4v) is 3.63. The molecule has 1 aromatic carbocycles. The van der Waals surface area contributed by atoms with Crippen LogP contribution in [0.1, 0.15) is 51.1 Å². The van der Waals surface area contributed by atoms with Crippen LogP contribution in [0.3, 0.4) is 0 Å². The third-order valence-electron chi connectivity index (χ3n) is 4.98. The standard InChI is InChI=1S/C19H28N2O3/c1-12(2)18(21-19(22)14-4-3-5-15(20)10-14)13-6-7-16-17(11-13)24-9-8-23-16/h6-7,11-12,14-15,18H,3-5,8-10,20H2,1-2H3,(H,21,22). The van der Waals surface area contributed by atoms with Gasteiger partial charge in [-0.1, -0.05) is 26.3 Å². The summed E-state index contributed by atoms with van der Waals surface area (Å²) in [6.45, 7) is 5.39. The Kier molecular flexibility index (Phi) is 5.29. The number of rotatable bonds is 4. The van der Waals surface area contributed by atoms with Crippen molar-refractivity contribution in [3.63, 3.8) is 0 Å². The smallest absolute Gasteiger partial charge is 0.223 e. The van der Waals surface area contributed by atoms with Crippen LogP contribution in [-0.4, -0.2) is 25.2 Å². The first-order valence-corrected chi connectivity index (χ1v) is 9.00. The van der Waals surface area contributed by atoms with Gasteiger partial charge in [0.15, 0.2) is 11.5 Å². The molecule has 3 atom stereocenters. The van der Waals surface area contributed by atoms with Gasteiger partial charge in [0, 0.05) is 12.0 Å². The second kappa shape index (κ2) is 7.43. The van der Waals surface area contributed by atoms with Crippen molar-refractivity contribution in [2.75, 3.05) is 13.2 Å². The van der Waals surface area contributed by atoms with E-state index in [4.69, 9.17) is 15.2 Å². The molecule has 1 aliphatic heterocycles. The van der Waals surface area contributed by atoms with Crippen molar-refractivity contribution in [2.45, 2.75) is 51.6 Å². The molecule has 132 valence electrons. The lowest BCUT2D eigenvalue weighted by molar-refractivity contribution is -0.127. The van der Waals surface area contributed by atoms with Crippen molar-refractivity contribution in [2.24, 2.45) is 17.6 Å². The van der Waals surface area contributed by atoms with E-state index in [1.165, 1.54) is 0 Å². The maximum absolute atomic E-state index is 12.7. The molecule has 0 saturated heterocycles. The highest BCUT2D eigenvalue weighted by Crippen LogP contribution is 2.35. The quantitative estimate of drug-likeness (QED) is 0.889. The number of benzene rings is 1. The van der Waals surface area contributed by atoms with Crippen LogP contribution in [0.25, 0.3) is 0 Å². The monoisotopic (exact) mass is 332 g/mol. The molecular weight excluding hydrogens is 304 g/mol. The number of amides is 1. The fraction of sp³-hybridized carbons (Fsp3) is 0.632. The van der Waals surface area contributed by atoms with E-state index in [1.54, 1.807) is 0 Å².